The fraction of sp³-hybridized carbons (Fsp3) is 0.684. The van der Waals surface area contributed by atoms with Crippen LogP contribution < -0.4 is 5.32 Å². The number of piperidine rings is 2. The van der Waals surface area contributed by atoms with Crippen molar-refractivity contribution in [1.29, 1.82) is 0 Å². The number of hydrogen-bond acceptors (Lipinski definition) is 2. The first-order valence-electron chi connectivity index (χ1n) is 8.81. The summed E-state index contributed by atoms with van der Waals surface area (Å²) in [5, 5.41) is 3.69. The molecule has 0 radical (unpaired) electrons. The lowest BCUT2D eigenvalue weighted by Gasteiger charge is -2.49. The predicted molar refractivity (Wildman–Crippen MR) is 89.7 cm³/mol. The number of benzene rings is 1. The molecule has 2 aliphatic heterocycles. The zero-order valence-corrected chi connectivity index (χ0v) is 13.6. The Morgan fingerprint density at radius 2 is 1.86 bits per heavy atom. The summed E-state index contributed by atoms with van der Waals surface area (Å²) in [7, 11) is 0. The van der Waals surface area contributed by atoms with Gasteiger partial charge in [-0.1, -0.05) is 37.6 Å². The molecular weight excluding hydrogens is 256 g/mol. The molecule has 2 fully saturated rings. The molecule has 0 saturated carbocycles. The molecule has 2 aliphatic rings. The van der Waals surface area contributed by atoms with Crippen LogP contribution in [-0.4, -0.2) is 36.1 Å². The van der Waals surface area contributed by atoms with Gasteiger partial charge in [0, 0.05) is 24.7 Å². The summed E-state index contributed by atoms with van der Waals surface area (Å²) in [6.45, 7) is 6.85. The summed E-state index contributed by atoms with van der Waals surface area (Å²) in [6.07, 6.45) is 8.19. The second-order valence-corrected chi connectivity index (χ2v) is 6.88. The van der Waals surface area contributed by atoms with Crippen molar-refractivity contribution in [1.82, 2.24) is 10.2 Å². The Bertz CT molecular complexity index is 443. The van der Waals surface area contributed by atoms with E-state index in [0.29, 0.717) is 0 Å². The highest BCUT2D eigenvalue weighted by molar-refractivity contribution is 5.25. The van der Waals surface area contributed by atoms with Gasteiger partial charge in [0.05, 0.1) is 0 Å². The van der Waals surface area contributed by atoms with Crippen molar-refractivity contribution in [3.8, 4) is 0 Å². The van der Waals surface area contributed by atoms with Crippen LogP contribution in [0.15, 0.2) is 24.3 Å². The van der Waals surface area contributed by atoms with E-state index in [1.165, 1.54) is 56.2 Å². The number of nitrogens with one attached hydrogen (secondary N) is 1. The summed E-state index contributed by atoms with van der Waals surface area (Å²) in [5.41, 5.74) is 2.98. The van der Waals surface area contributed by atoms with Crippen molar-refractivity contribution in [3.63, 3.8) is 0 Å². The topological polar surface area (TPSA) is 15.3 Å². The molecule has 1 N–H and O–H groups in total. The molecule has 0 aliphatic carbocycles. The van der Waals surface area contributed by atoms with Crippen LogP contribution in [0, 0.1) is 6.92 Å². The number of fused-ring (bicyclic) bond motifs is 2. The van der Waals surface area contributed by atoms with E-state index in [9.17, 15) is 0 Å². The van der Waals surface area contributed by atoms with E-state index in [4.69, 9.17) is 0 Å². The van der Waals surface area contributed by atoms with Gasteiger partial charge in [-0.25, -0.2) is 0 Å². The normalized spacial score (nSPS) is 29.5. The molecule has 3 rings (SSSR count). The minimum Gasteiger partial charge on any atom is -0.314 e. The predicted octanol–water partition coefficient (Wildman–Crippen LogP) is 3.53. The van der Waals surface area contributed by atoms with E-state index in [0.717, 1.165) is 24.7 Å². The van der Waals surface area contributed by atoms with Gasteiger partial charge in [0.15, 0.2) is 0 Å². The van der Waals surface area contributed by atoms with E-state index in [-0.39, 0.29) is 0 Å². The third-order valence-electron chi connectivity index (χ3n) is 5.52. The van der Waals surface area contributed by atoms with Crippen LogP contribution >= 0.6 is 0 Å². The van der Waals surface area contributed by atoms with Crippen LogP contribution in [0.25, 0.3) is 0 Å². The number of nitrogens with zero attached hydrogens (tertiary/aromatic N) is 1. The first-order valence-corrected chi connectivity index (χ1v) is 8.81. The van der Waals surface area contributed by atoms with Gasteiger partial charge in [-0.3, -0.25) is 4.90 Å². The Labute approximate surface area is 129 Å². The van der Waals surface area contributed by atoms with E-state index < -0.39 is 0 Å². The summed E-state index contributed by atoms with van der Waals surface area (Å²) in [4.78, 5) is 2.84. The van der Waals surface area contributed by atoms with E-state index >= 15 is 0 Å². The van der Waals surface area contributed by atoms with Gasteiger partial charge in [0.1, 0.15) is 0 Å². The molecular formula is C19H30N2. The van der Waals surface area contributed by atoms with Gasteiger partial charge >= 0.3 is 0 Å². The first kappa shape index (κ1) is 15.1. The molecule has 0 spiro atoms. The molecule has 2 nitrogen and oxygen atoms in total. The smallest absolute Gasteiger partial charge is 0.0113 e. The average Bonchev–Trinajstić information content (AvgIpc) is 2.47. The van der Waals surface area contributed by atoms with Crippen LogP contribution in [0.1, 0.15) is 50.2 Å². The van der Waals surface area contributed by atoms with Gasteiger partial charge in [0.25, 0.3) is 0 Å². The Morgan fingerprint density at radius 1 is 1.14 bits per heavy atom. The lowest BCUT2D eigenvalue weighted by molar-refractivity contribution is 0.0259. The summed E-state index contributed by atoms with van der Waals surface area (Å²) >= 11 is 0. The highest BCUT2D eigenvalue weighted by atomic mass is 15.2. The fourth-order valence-electron chi connectivity index (χ4n) is 4.44. The quantitative estimate of drug-likeness (QED) is 0.891. The van der Waals surface area contributed by atoms with Crippen LogP contribution in [-0.2, 0) is 6.42 Å². The summed E-state index contributed by atoms with van der Waals surface area (Å²) < 4.78 is 0. The molecule has 2 heteroatoms. The Kier molecular flexibility index (Phi) is 4.97. The maximum atomic E-state index is 3.69. The van der Waals surface area contributed by atoms with E-state index in [1.54, 1.807) is 0 Å². The van der Waals surface area contributed by atoms with Crippen LogP contribution in [0.2, 0.25) is 0 Å². The zero-order valence-electron chi connectivity index (χ0n) is 13.6. The molecule has 0 aromatic heterocycles. The Morgan fingerprint density at radius 3 is 2.52 bits per heavy atom. The minimum atomic E-state index is 0.764. The number of hydrogen-bond donors (Lipinski definition) is 1. The van der Waals surface area contributed by atoms with Crippen LogP contribution in [0.3, 0.4) is 0 Å². The van der Waals surface area contributed by atoms with Gasteiger partial charge in [-0.2, -0.15) is 0 Å². The molecule has 1 aromatic carbocycles. The van der Waals surface area contributed by atoms with Gasteiger partial charge < -0.3 is 5.32 Å². The van der Waals surface area contributed by atoms with Crippen LogP contribution in [0.4, 0.5) is 0 Å². The lowest BCUT2D eigenvalue weighted by Crippen LogP contribution is -2.56. The Hall–Kier alpha value is -0.860. The summed E-state index contributed by atoms with van der Waals surface area (Å²) in [6, 6.07) is 11.3. The molecule has 2 heterocycles. The number of aryl methyl sites for hydroxylation is 1. The monoisotopic (exact) mass is 286 g/mol. The largest absolute Gasteiger partial charge is 0.314 e. The highest BCUT2D eigenvalue weighted by Gasteiger charge is 2.37. The lowest BCUT2D eigenvalue weighted by atomic mass is 9.81. The van der Waals surface area contributed by atoms with Crippen LogP contribution in [0.5, 0.6) is 0 Å². The third-order valence-corrected chi connectivity index (χ3v) is 5.52. The SMILES string of the molecule is CCNC1CC2CCCC(C1)N2CCc1ccccc1C. The fourth-order valence-corrected chi connectivity index (χ4v) is 4.44. The molecule has 21 heavy (non-hydrogen) atoms. The summed E-state index contributed by atoms with van der Waals surface area (Å²) in [5.74, 6) is 0. The molecule has 0 amide bonds. The van der Waals surface area contributed by atoms with Crippen molar-refractivity contribution < 1.29 is 0 Å². The van der Waals surface area contributed by atoms with Gasteiger partial charge in [-0.05, 0) is 56.7 Å². The minimum absolute atomic E-state index is 0.764. The van der Waals surface area contributed by atoms with Crippen molar-refractivity contribution >= 4 is 0 Å². The molecule has 2 bridgehead atoms. The average molecular weight is 286 g/mol. The molecule has 2 unspecified atom stereocenters. The molecule has 2 saturated heterocycles. The third kappa shape index (κ3) is 3.49. The van der Waals surface area contributed by atoms with Gasteiger partial charge in [-0.15, -0.1) is 0 Å². The second kappa shape index (κ2) is 6.93. The van der Waals surface area contributed by atoms with Crippen molar-refractivity contribution in [2.24, 2.45) is 0 Å². The standard InChI is InChI=1S/C19H30N2/c1-3-20-17-13-18-9-6-10-19(14-17)21(18)12-11-16-8-5-4-7-15(16)2/h4-5,7-8,17-20H,3,6,9-14H2,1-2H3. The zero-order chi connectivity index (χ0) is 14.7. The van der Waals surface area contributed by atoms with E-state index in [1.807, 2.05) is 0 Å². The highest BCUT2D eigenvalue weighted by Crippen LogP contribution is 2.34. The molecule has 116 valence electrons. The number of rotatable bonds is 5. The first-order chi connectivity index (χ1) is 10.3. The second-order valence-electron chi connectivity index (χ2n) is 6.88. The maximum Gasteiger partial charge on any atom is 0.0113 e. The van der Waals surface area contributed by atoms with Gasteiger partial charge in [0.2, 0.25) is 0 Å². The Balaban J connectivity index is 1.62. The van der Waals surface area contributed by atoms with E-state index in [2.05, 4.69) is 48.3 Å². The van der Waals surface area contributed by atoms with Crippen molar-refractivity contribution in [2.75, 3.05) is 13.1 Å². The molecule has 1 aromatic rings. The van der Waals surface area contributed by atoms with Crippen molar-refractivity contribution in [3.05, 3.63) is 35.4 Å². The molecule has 2 atom stereocenters. The maximum absolute atomic E-state index is 3.69. The van der Waals surface area contributed by atoms with Crippen molar-refractivity contribution in [2.45, 2.75) is 70.5 Å².